The summed E-state index contributed by atoms with van der Waals surface area (Å²) >= 11 is 0. The number of rotatable bonds is 11. The third-order valence-corrected chi connectivity index (χ3v) is 5.48. The number of ether oxygens (including phenoxy) is 3. The highest BCUT2D eigenvalue weighted by Crippen LogP contribution is 2.32. The third kappa shape index (κ3) is 8.90. The molecule has 0 aliphatic carbocycles. The maximum absolute atomic E-state index is 14.6. The molecule has 0 saturated carbocycles. The summed E-state index contributed by atoms with van der Waals surface area (Å²) in [5.41, 5.74) is 2.41. The fourth-order valence-electron chi connectivity index (χ4n) is 3.62. The number of hydrogen-bond acceptors (Lipinski definition) is 7. The molecule has 0 fully saturated rings. The first-order valence-electron chi connectivity index (χ1n) is 12.6. The van der Waals surface area contributed by atoms with Crippen LogP contribution in [0.25, 0.3) is 11.1 Å². The molecule has 39 heavy (non-hydrogen) atoms. The van der Waals surface area contributed by atoms with Gasteiger partial charge in [-0.05, 0) is 74.1 Å². The zero-order valence-corrected chi connectivity index (χ0v) is 22.5. The quantitative estimate of drug-likeness (QED) is 0.291. The molecule has 0 unspecified atom stereocenters. The van der Waals surface area contributed by atoms with Gasteiger partial charge in [-0.25, -0.2) is 13.6 Å². The molecular weight excluding hydrogens is 510 g/mol. The number of aliphatic hydroxyl groups excluding tert-OH is 2. The number of pyridine rings is 1. The minimum atomic E-state index is -1.03. The van der Waals surface area contributed by atoms with Gasteiger partial charge in [-0.1, -0.05) is 31.2 Å². The summed E-state index contributed by atoms with van der Waals surface area (Å²) in [6.07, 6.45) is -0.534. The van der Waals surface area contributed by atoms with Crippen molar-refractivity contribution in [1.82, 2.24) is 10.3 Å². The van der Waals surface area contributed by atoms with Crippen LogP contribution in [0.2, 0.25) is 0 Å². The molecule has 2 aromatic carbocycles. The van der Waals surface area contributed by atoms with Crippen LogP contribution in [0.4, 0.5) is 13.6 Å². The Hall–Kier alpha value is -3.76. The number of amides is 1. The summed E-state index contributed by atoms with van der Waals surface area (Å²) in [4.78, 5) is 15.9. The highest BCUT2D eigenvalue weighted by atomic mass is 19.1. The second-order valence-electron chi connectivity index (χ2n) is 9.89. The number of hydrogen-bond donors (Lipinski definition) is 3. The van der Waals surface area contributed by atoms with Crippen molar-refractivity contribution >= 4 is 6.09 Å². The van der Waals surface area contributed by atoms with E-state index < -0.39 is 41.2 Å². The van der Waals surface area contributed by atoms with E-state index in [-0.39, 0.29) is 25.5 Å². The molecule has 1 amide bonds. The van der Waals surface area contributed by atoms with Gasteiger partial charge in [-0.15, -0.1) is 0 Å². The van der Waals surface area contributed by atoms with Gasteiger partial charge in [-0.3, -0.25) is 0 Å². The summed E-state index contributed by atoms with van der Waals surface area (Å²) in [6, 6.07) is 13.2. The third-order valence-electron chi connectivity index (χ3n) is 5.48. The molecular formula is C29H34F2N2O6. The number of nitrogens with one attached hydrogen (secondary N) is 1. The Kier molecular flexibility index (Phi) is 10.2. The molecule has 3 rings (SSSR count). The maximum atomic E-state index is 14.6. The smallest absolute Gasteiger partial charge is 0.407 e. The minimum Gasteiger partial charge on any atom is -0.470 e. The van der Waals surface area contributed by atoms with E-state index in [2.05, 4.69) is 10.3 Å². The predicted octanol–water partition coefficient (Wildman–Crippen LogP) is 5.53. The van der Waals surface area contributed by atoms with Crippen LogP contribution in [0.5, 0.6) is 17.5 Å². The molecule has 0 radical (unpaired) electrons. The number of halogens is 2. The van der Waals surface area contributed by atoms with Crippen molar-refractivity contribution in [3.8, 4) is 28.6 Å². The standard InChI is InChI=1S/C29H34F2N2O6/c1-5-22(17-35)37-26-24(30)15-25(31)27(33-26)38-23-13-18(9-10-34)11-21(14-23)20-8-6-7-19(12-20)16-32-28(36)39-29(2,3)4/h6-8,11-15,22,34-35H,5,9-10,16-17H2,1-4H3,(H,32,36)/t22-/m1/s1. The molecule has 3 N–H and O–H groups in total. The van der Waals surface area contributed by atoms with Crippen LogP contribution in [0.3, 0.4) is 0 Å². The molecule has 1 heterocycles. The topological polar surface area (TPSA) is 110 Å². The van der Waals surface area contributed by atoms with E-state index in [9.17, 15) is 23.8 Å². The van der Waals surface area contributed by atoms with Crippen molar-refractivity contribution < 1.29 is 38.0 Å². The lowest BCUT2D eigenvalue weighted by molar-refractivity contribution is 0.0523. The Morgan fingerprint density at radius 1 is 1.00 bits per heavy atom. The van der Waals surface area contributed by atoms with Crippen molar-refractivity contribution in [2.24, 2.45) is 0 Å². The largest absolute Gasteiger partial charge is 0.470 e. The fraction of sp³-hybridized carbons (Fsp3) is 0.379. The Morgan fingerprint density at radius 3 is 2.38 bits per heavy atom. The van der Waals surface area contributed by atoms with E-state index in [1.54, 1.807) is 39.8 Å². The number of carbonyl (C=O) groups is 1. The Bertz CT molecular complexity index is 1280. The summed E-state index contributed by atoms with van der Waals surface area (Å²) in [5, 5.41) is 21.6. The maximum Gasteiger partial charge on any atom is 0.407 e. The number of carbonyl (C=O) groups excluding carboxylic acids is 1. The number of benzene rings is 2. The highest BCUT2D eigenvalue weighted by molar-refractivity contribution is 5.69. The van der Waals surface area contributed by atoms with Gasteiger partial charge < -0.3 is 29.7 Å². The Morgan fingerprint density at radius 2 is 1.72 bits per heavy atom. The summed E-state index contributed by atoms with van der Waals surface area (Å²) in [7, 11) is 0. The van der Waals surface area contributed by atoms with E-state index in [4.69, 9.17) is 14.2 Å². The SMILES string of the molecule is CC[C@H](CO)Oc1nc(Oc2cc(CCO)cc(-c3cccc(CNC(=O)OC(C)(C)C)c3)c2)c(F)cc1F. The highest BCUT2D eigenvalue weighted by Gasteiger charge is 2.19. The molecule has 0 aliphatic rings. The van der Waals surface area contributed by atoms with Gasteiger partial charge in [0.1, 0.15) is 17.5 Å². The first-order valence-corrected chi connectivity index (χ1v) is 12.6. The summed E-state index contributed by atoms with van der Waals surface area (Å²) < 4.78 is 45.2. The predicted molar refractivity (Wildman–Crippen MR) is 142 cm³/mol. The summed E-state index contributed by atoms with van der Waals surface area (Å²) in [6.45, 7) is 6.85. The Balaban J connectivity index is 1.88. The number of nitrogens with zero attached hydrogens (tertiary/aromatic N) is 1. The lowest BCUT2D eigenvalue weighted by atomic mass is 9.99. The van der Waals surface area contributed by atoms with Gasteiger partial charge in [0.05, 0.1) is 6.61 Å². The number of aromatic nitrogens is 1. The molecule has 3 aromatic rings. The lowest BCUT2D eigenvalue weighted by Crippen LogP contribution is -2.32. The van der Waals surface area contributed by atoms with Gasteiger partial charge in [0.15, 0.2) is 11.6 Å². The molecule has 10 heteroatoms. The van der Waals surface area contributed by atoms with Gasteiger partial charge >= 0.3 is 6.09 Å². The molecule has 0 spiro atoms. The van der Waals surface area contributed by atoms with Crippen molar-refractivity contribution in [3.63, 3.8) is 0 Å². The van der Waals surface area contributed by atoms with E-state index in [1.807, 2.05) is 30.3 Å². The van der Waals surface area contributed by atoms with Crippen LogP contribution >= 0.6 is 0 Å². The van der Waals surface area contributed by atoms with E-state index in [0.717, 1.165) is 11.1 Å². The summed E-state index contributed by atoms with van der Waals surface area (Å²) in [5.74, 6) is -2.81. The van der Waals surface area contributed by atoms with Crippen LogP contribution in [-0.2, 0) is 17.7 Å². The molecule has 0 bridgehead atoms. The number of alkyl carbamates (subject to hydrolysis) is 1. The van der Waals surface area contributed by atoms with Gasteiger partial charge in [0.25, 0.3) is 11.8 Å². The normalized spacial score (nSPS) is 12.1. The first kappa shape index (κ1) is 29.8. The van der Waals surface area contributed by atoms with Crippen molar-refractivity contribution in [1.29, 1.82) is 0 Å². The van der Waals surface area contributed by atoms with Crippen molar-refractivity contribution in [3.05, 3.63) is 71.3 Å². The van der Waals surface area contributed by atoms with E-state index in [0.29, 0.717) is 30.0 Å². The van der Waals surface area contributed by atoms with Crippen LogP contribution in [0.15, 0.2) is 48.5 Å². The second kappa shape index (κ2) is 13.3. The average Bonchev–Trinajstić information content (AvgIpc) is 2.87. The lowest BCUT2D eigenvalue weighted by Gasteiger charge is -2.19. The van der Waals surface area contributed by atoms with Crippen molar-refractivity contribution in [2.45, 2.75) is 58.8 Å². The molecule has 210 valence electrons. The van der Waals surface area contributed by atoms with Crippen LogP contribution in [-0.4, -0.2) is 46.2 Å². The average molecular weight is 545 g/mol. The molecule has 0 saturated heterocycles. The van der Waals surface area contributed by atoms with Crippen LogP contribution in [0.1, 0.15) is 45.2 Å². The van der Waals surface area contributed by atoms with Crippen molar-refractivity contribution in [2.75, 3.05) is 13.2 Å². The van der Waals surface area contributed by atoms with Gasteiger partial charge in [0, 0.05) is 19.2 Å². The monoisotopic (exact) mass is 544 g/mol. The Labute approximate surface area is 226 Å². The molecule has 8 nitrogen and oxygen atoms in total. The minimum absolute atomic E-state index is 0.122. The molecule has 1 aromatic heterocycles. The fourth-order valence-corrected chi connectivity index (χ4v) is 3.62. The van der Waals surface area contributed by atoms with E-state index in [1.165, 1.54) is 0 Å². The first-order chi connectivity index (χ1) is 18.5. The number of aliphatic hydroxyl groups is 2. The molecule has 0 aliphatic heterocycles. The molecule has 1 atom stereocenters. The van der Waals surface area contributed by atoms with Crippen LogP contribution in [0, 0.1) is 11.6 Å². The van der Waals surface area contributed by atoms with Crippen LogP contribution < -0.4 is 14.8 Å². The van der Waals surface area contributed by atoms with E-state index >= 15 is 0 Å². The second-order valence-corrected chi connectivity index (χ2v) is 9.89. The van der Waals surface area contributed by atoms with Gasteiger partial charge in [-0.2, -0.15) is 4.98 Å². The van der Waals surface area contributed by atoms with Gasteiger partial charge in [0.2, 0.25) is 0 Å². The zero-order valence-electron chi connectivity index (χ0n) is 22.5. The zero-order chi connectivity index (χ0) is 28.6.